The first kappa shape index (κ1) is 15.9. The van der Waals surface area contributed by atoms with E-state index in [1.165, 1.54) is 11.8 Å². The molecule has 0 amide bonds. The van der Waals surface area contributed by atoms with Crippen LogP contribution in [0.3, 0.4) is 0 Å². The number of hydrogen-bond acceptors (Lipinski definition) is 5. The lowest BCUT2D eigenvalue weighted by atomic mass is 9.96. The van der Waals surface area contributed by atoms with E-state index in [1.54, 1.807) is 0 Å². The normalized spacial score (nSPS) is 14.0. The molecule has 0 saturated carbocycles. The summed E-state index contributed by atoms with van der Waals surface area (Å²) < 4.78 is 0. The van der Waals surface area contributed by atoms with Gasteiger partial charge < -0.3 is 10.8 Å². The van der Waals surface area contributed by atoms with Crippen molar-refractivity contribution >= 4 is 11.8 Å². The van der Waals surface area contributed by atoms with E-state index in [9.17, 15) is 5.11 Å². The number of nitrogens with two attached hydrogens (primary N) is 1. The van der Waals surface area contributed by atoms with Crippen LogP contribution in [0.4, 0.5) is 0 Å². The maximum absolute atomic E-state index is 10.7. The van der Waals surface area contributed by atoms with Crippen molar-refractivity contribution in [3.8, 4) is 0 Å². The Hall–Kier alpha value is -1.43. The Morgan fingerprint density at radius 2 is 1.67 bits per heavy atom. The summed E-state index contributed by atoms with van der Waals surface area (Å²) in [6.07, 6.45) is 0. The lowest BCUT2D eigenvalue weighted by Gasteiger charge is -2.26. The van der Waals surface area contributed by atoms with Crippen molar-refractivity contribution in [2.75, 3.05) is 12.3 Å². The third kappa shape index (κ3) is 3.61. The molecule has 1 atom stereocenters. The van der Waals surface area contributed by atoms with Crippen molar-refractivity contribution in [1.82, 2.24) is 9.97 Å². The number of aryl methyl sites for hydroxylation is 2. The predicted octanol–water partition coefficient (Wildman–Crippen LogP) is 2.34. The van der Waals surface area contributed by atoms with Crippen molar-refractivity contribution in [3.05, 3.63) is 52.8 Å². The molecule has 0 aliphatic heterocycles. The quantitative estimate of drug-likeness (QED) is 0.655. The number of aromatic nitrogens is 2. The molecule has 0 saturated heterocycles. The minimum Gasteiger partial charge on any atom is -0.383 e. The summed E-state index contributed by atoms with van der Waals surface area (Å²) >= 11 is 1.43. The number of rotatable bonds is 5. The Labute approximate surface area is 129 Å². The molecule has 1 aromatic carbocycles. The Morgan fingerprint density at radius 1 is 1.10 bits per heavy atom. The molecule has 4 nitrogen and oxygen atoms in total. The Kier molecular flexibility index (Phi) is 4.98. The zero-order chi connectivity index (χ0) is 15.5. The Bertz CT molecular complexity index is 595. The number of aliphatic hydroxyl groups is 1. The molecule has 1 unspecified atom stereocenters. The molecule has 112 valence electrons. The van der Waals surface area contributed by atoms with E-state index >= 15 is 0 Å². The van der Waals surface area contributed by atoms with Gasteiger partial charge in [-0.1, -0.05) is 42.1 Å². The topological polar surface area (TPSA) is 72.0 Å². The van der Waals surface area contributed by atoms with Crippen LogP contribution in [0.15, 0.2) is 35.5 Å². The first-order valence-electron chi connectivity index (χ1n) is 6.89. The number of benzene rings is 1. The molecule has 0 aliphatic rings. The highest BCUT2D eigenvalue weighted by molar-refractivity contribution is 7.99. The zero-order valence-corrected chi connectivity index (χ0v) is 13.4. The minimum atomic E-state index is -1.07. The smallest absolute Gasteiger partial charge is 0.188 e. The lowest BCUT2D eigenvalue weighted by Crippen LogP contribution is -2.37. The first-order chi connectivity index (χ1) is 9.96. The molecule has 21 heavy (non-hydrogen) atoms. The first-order valence-corrected chi connectivity index (χ1v) is 7.87. The van der Waals surface area contributed by atoms with Crippen molar-refractivity contribution in [2.24, 2.45) is 5.73 Å². The highest BCUT2D eigenvalue weighted by Gasteiger charge is 2.28. The second-order valence-electron chi connectivity index (χ2n) is 5.19. The predicted molar refractivity (Wildman–Crippen MR) is 86.4 cm³/mol. The van der Waals surface area contributed by atoms with Crippen molar-refractivity contribution < 1.29 is 5.11 Å². The van der Waals surface area contributed by atoms with Crippen LogP contribution in [0.1, 0.15) is 22.5 Å². The van der Waals surface area contributed by atoms with Crippen LogP contribution in [0.5, 0.6) is 0 Å². The molecule has 2 rings (SSSR count). The van der Waals surface area contributed by atoms with Gasteiger partial charge >= 0.3 is 0 Å². The van der Waals surface area contributed by atoms with Crippen LogP contribution in [0.25, 0.3) is 0 Å². The summed E-state index contributed by atoms with van der Waals surface area (Å²) in [6.45, 7) is 6.12. The van der Waals surface area contributed by atoms with Crippen LogP contribution in [-0.2, 0) is 5.60 Å². The molecule has 1 heterocycles. The van der Waals surface area contributed by atoms with Crippen LogP contribution >= 0.6 is 11.8 Å². The minimum absolute atomic E-state index is 0.161. The van der Waals surface area contributed by atoms with E-state index in [0.29, 0.717) is 10.9 Å². The van der Waals surface area contributed by atoms with Crippen molar-refractivity contribution in [1.29, 1.82) is 0 Å². The molecule has 5 heteroatoms. The summed E-state index contributed by atoms with van der Waals surface area (Å²) in [5.74, 6) is 0.426. The van der Waals surface area contributed by atoms with Gasteiger partial charge in [-0.05, 0) is 31.9 Å². The second-order valence-corrected chi connectivity index (χ2v) is 6.13. The van der Waals surface area contributed by atoms with Crippen LogP contribution in [-0.4, -0.2) is 27.4 Å². The molecule has 0 bridgehead atoms. The molecule has 0 aliphatic carbocycles. The Morgan fingerprint density at radius 3 is 2.19 bits per heavy atom. The number of thioether (sulfide) groups is 1. The molecule has 0 radical (unpaired) electrons. The van der Waals surface area contributed by atoms with Crippen molar-refractivity contribution in [3.63, 3.8) is 0 Å². The molecule has 2 aromatic rings. The highest BCUT2D eigenvalue weighted by atomic mass is 32.2. The number of hydrogen-bond donors (Lipinski definition) is 2. The van der Waals surface area contributed by atoms with Gasteiger partial charge in [-0.25, -0.2) is 9.97 Å². The third-order valence-corrected chi connectivity index (χ3v) is 4.76. The van der Waals surface area contributed by atoms with Gasteiger partial charge in [0.05, 0.1) is 0 Å². The maximum Gasteiger partial charge on any atom is 0.188 e. The van der Waals surface area contributed by atoms with E-state index in [0.717, 1.165) is 22.5 Å². The Balaban J connectivity index is 2.17. The molecule has 3 N–H and O–H groups in total. The van der Waals surface area contributed by atoms with Crippen molar-refractivity contribution in [2.45, 2.75) is 31.5 Å². The van der Waals surface area contributed by atoms with Gasteiger partial charge in [0.15, 0.2) is 5.16 Å². The van der Waals surface area contributed by atoms with Gasteiger partial charge in [-0.3, -0.25) is 0 Å². The van der Waals surface area contributed by atoms with Gasteiger partial charge in [-0.2, -0.15) is 0 Å². The van der Waals surface area contributed by atoms with Crippen LogP contribution in [0.2, 0.25) is 0 Å². The average Bonchev–Trinajstić information content (AvgIpc) is 2.51. The fraction of sp³-hybridized carbons (Fsp3) is 0.375. The fourth-order valence-corrected chi connectivity index (χ4v) is 3.05. The monoisotopic (exact) mass is 303 g/mol. The summed E-state index contributed by atoms with van der Waals surface area (Å²) in [6, 6.07) is 9.50. The van der Waals surface area contributed by atoms with E-state index in [1.807, 2.05) is 51.1 Å². The fourth-order valence-electron chi connectivity index (χ4n) is 2.00. The largest absolute Gasteiger partial charge is 0.383 e. The molecular formula is C16H21N3OS. The second kappa shape index (κ2) is 6.56. The highest BCUT2D eigenvalue weighted by Crippen LogP contribution is 2.28. The number of nitrogens with zero attached hydrogens (tertiary/aromatic N) is 2. The van der Waals surface area contributed by atoms with Gasteiger partial charge in [0.1, 0.15) is 5.60 Å². The van der Waals surface area contributed by atoms with E-state index in [4.69, 9.17) is 5.73 Å². The maximum atomic E-state index is 10.7. The molecule has 0 fully saturated rings. The van der Waals surface area contributed by atoms with Gasteiger partial charge in [-0.15, -0.1) is 0 Å². The van der Waals surface area contributed by atoms with E-state index in [2.05, 4.69) is 9.97 Å². The van der Waals surface area contributed by atoms with Crippen LogP contribution in [0, 0.1) is 20.8 Å². The summed E-state index contributed by atoms with van der Waals surface area (Å²) in [5, 5.41) is 11.4. The molecule has 1 aromatic heterocycles. The van der Waals surface area contributed by atoms with E-state index in [-0.39, 0.29) is 6.54 Å². The van der Waals surface area contributed by atoms with Gasteiger partial charge in [0, 0.05) is 23.7 Å². The van der Waals surface area contributed by atoms with Gasteiger partial charge in [0.25, 0.3) is 0 Å². The zero-order valence-electron chi connectivity index (χ0n) is 12.6. The molecule has 0 spiro atoms. The lowest BCUT2D eigenvalue weighted by molar-refractivity contribution is 0.0720. The third-order valence-electron chi connectivity index (χ3n) is 3.70. The molecular weight excluding hydrogens is 282 g/mol. The summed E-state index contributed by atoms with van der Waals surface area (Å²) in [5.41, 5.74) is 8.59. The average molecular weight is 303 g/mol. The summed E-state index contributed by atoms with van der Waals surface area (Å²) in [4.78, 5) is 8.93. The summed E-state index contributed by atoms with van der Waals surface area (Å²) in [7, 11) is 0. The van der Waals surface area contributed by atoms with Gasteiger partial charge in [0.2, 0.25) is 0 Å². The van der Waals surface area contributed by atoms with E-state index < -0.39 is 5.60 Å². The van der Waals surface area contributed by atoms with Crippen LogP contribution < -0.4 is 5.73 Å². The standard InChI is InChI=1S/C16H21N3OS/c1-11-12(2)18-15(19-13(11)3)21-10-16(20,9-17)14-7-5-4-6-8-14/h4-8,20H,9-10,17H2,1-3H3. The SMILES string of the molecule is Cc1nc(SCC(O)(CN)c2ccccc2)nc(C)c1C.